The highest BCUT2D eigenvalue weighted by atomic mass is 32.1. The van der Waals surface area contributed by atoms with Crippen molar-refractivity contribution in [1.82, 2.24) is 0 Å². The molecule has 0 saturated heterocycles. The second kappa shape index (κ2) is 3.46. The molecule has 0 aliphatic rings. The summed E-state index contributed by atoms with van der Waals surface area (Å²) in [5.41, 5.74) is 0.365. The van der Waals surface area contributed by atoms with Gasteiger partial charge in [-0.15, -0.1) is 12.6 Å². The summed E-state index contributed by atoms with van der Waals surface area (Å²) in [6.45, 7) is 1.58. The van der Waals surface area contributed by atoms with Gasteiger partial charge in [-0.3, -0.25) is 10.1 Å². The van der Waals surface area contributed by atoms with Crippen LogP contribution in [-0.2, 0) is 0 Å². The molecule has 0 N–H and O–H groups in total. The van der Waals surface area contributed by atoms with Gasteiger partial charge in [0.1, 0.15) is 11.6 Å². The molecule has 0 heterocycles. The number of thiol groups is 1. The van der Waals surface area contributed by atoms with Crippen LogP contribution in [0.25, 0.3) is 0 Å². The largest absolute Gasteiger partial charge is 0.290 e. The number of nitro benzene ring substituents is 1. The van der Waals surface area contributed by atoms with E-state index in [0.29, 0.717) is 10.5 Å². The number of hydrogen-bond donors (Lipinski definition) is 1. The van der Waals surface area contributed by atoms with Crippen LogP contribution in [0.2, 0.25) is 0 Å². The average molecular weight is 194 g/mol. The summed E-state index contributed by atoms with van der Waals surface area (Å²) in [5, 5.41) is 19.2. The SMILES string of the molecule is Cc1cc(S)cc(C#N)c1[N+](=O)[O-]. The van der Waals surface area contributed by atoms with Crippen molar-refractivity contribution in [1.29, 1.82) is 5.26 Å². The van der Waals surface area contributed by atoms with E-state index >= 15 is 0 Å². The molecule has 1 aromatic carbocycles. The van der Waals surface area contributed by atoms with Gasteiger partial charge in [-0.05, 0) is 19.1 Å². The van der Waals surface area contributed by atoms with Crippen LogP contribution in [0.15, 0.2) is 17.0 Å². The summed E-state index contributed by atoms with van der Waals surface area (Å²) in [5.74, 6) is 0. The number of rotatable bonds is 1. The second-order valence-electron chi connectivity index (χ2n) is 2.53. The molecule has 0 amide bonds. The second-order valence-corrected chi connectivity index (χ2v) is 3.04. The summed E-state index contributed by atoms with van der Waals surface area (Å²) in [6.07, 6.45) is 0. The number of aryl methyl sites for hydroxylation is 1. The minimum Gasteiger partial charge on any atom is -0.258 e. The average Bonchev–Trinajstić information content (AvgIpc) is 2.01. The van der Waals surface area contributed by atoms with Gasteiger partial charge < -0.3 is 0 Å². The maximum atomic E-state index is 10.5. The number of nitrogens with zero attached hydrogens (tertiary/aromatic N) is 2. The van der Waals surface area contributed by atoms with Crippen molar-refractivity contribution in [2.24, 2.45) is 0 Å². The van der Waals surface area contributed by atoms with Gasteiger partial charge in [-0.25, -0.2) is 0 Å². The van der Waals surface area contributed by atoms with Gasteiger partial charge in [0.15, 0.2) is 0 Å². The number of nitro groups is 1. The molecule has 0 fully saturated rings. The van der Waals surface area contributed by atoms with E-state index in [0.717, 1.165) is 0 Å². The molecular formula is C8H6N2O2S. The first-order valence-electron chi connectivity index (χ1n) is 3.44. The first-order valence-corrected chi connectivity index (χ1v) is 3.89. The topological polar surface area (TPSA) is 66.9 Å². The summed E-state index contributed by atoms with van der Waals surface area (Å²) in [4.78, 5) is 10.5. The van der Waals surface area contributed by atoms with Gasteiger partial charge in [0, 0.05) is 10.5 Å². The predicted octanol–water partition coefficient (Wildman–Crippen LogP) is 2.06. The zero-order valence-corrected chi connectivity index (χ0v) is 7.71. The van der Waals surface area contributed by atoms with E-state index in [-0.39, 0.29) is 11.3 Å². The van der Waals surface area contributed by atoms with E-state index in [1.54, 1.807) is 19.1 Å². The van der Waals surface area contributed by atoms with Gasteiger partial charge in [0.05, 0.1) is 4.92 Å². The van der Waals surface area contributed by atoms with Crippen LogP contribution in [0.4, 0.5) is 5.69 Å². The molecule has 0 unspecified atom stereocenters. The van der Waals surface area contributed by atoms with Crippen molar-refractivity contribution in [3.05, 3.63) is 33.4 Å². The fourth-order valence-corrected chi connectivity index (χ4v) is 1.41. The summed E-state index contributed by atoms with van der Waals surface area (Å²) < 4.78 is 0. The quantitative estimate of drug-likeness (QED) is 0.422. The molecule has 0 bridgehead atoms. The fraction of sp³-hybridized carbons (Fsp3) is 0.125. The van der Waals surface area contributed by atoms with E-state index in [2.05, 4.69) is 12.6 Å². The van der Waals surface area contributed by atoms with Crippen molar-refractivity contribution < 1.29 is 4.92 Å². The van der Waals surface area contributed by atoms with Crippen molar-refractivity contribution in [3.63, 3.8) is 0 Å². The lowest BCUT2D eigenvalue weighted by Gasteiger charge is -1.99. The molecule has 1 aromatic rings. The van der Waals surface area contributed by atoms with Crippen molar-refractivity contribution in [2.75, 3.05) is 0 Å². The minimum atomic E-state index is -0.554. The Labute approximate surface area is 80.4 Å². The third kappa shape index (κ3) is 1.79. The third-order valence-electron chi connectivity index (χ3n) is 1.59. The number of hydrogen-bond acceptors (Lipinski definition) is 4. The molecule has 0 saturated carbocycles. The maximum absolute atomic E-state index is 10.5. The molecule has 0 aliphatic carbocycles. The Kier molecular flexibility index (Phi) is 2.54. The Bertz CT molecular complexity index is 409. The van der Waals surface area contributed by atoms with Crippen LogP contribution in [0.5, 0.6) is 0 Å². The molecule has 66 valence electrons. The van der Waals surface area contributed by atoms with Crippen molar-refractivity contribution in [3.8, 4) is 6.07 Å². The molecule has 0 atom stereocenters. The smallest absolute Gasteiger partial charge is 0.258 e. The molecule has 4 nitrogen and oxygen atoms in total. The van der Waals surface area contributed by atoms with Gasteiger partial charge in [0.2, 0.25) is 0 Å². The Morgan fingerprint density at radius 3 is 2.69 bits per heavy atom. The zero-order chi connectivity index (χ0) is 10.0. The molecule has 0 aliphatic heterocycles. The molecule has 0 spiro atoms. The van der Waals surface area contributed by atoms with Gasteiger partial charge in [-0.2, -0.15) is 5.26 Å². The molecule has 1 rings (SSSR count). The molecule has 0 aromatic heterocycles. The summed E-state index contributed by atoms with van der Waals surface area (Å²) >= 11 is 4.02. The highest BCUT2D eigenvalue weighted by Crippen LogP contribution is 2.25. The third-order valence-corrected chi connectivity index (χ3v) is 1.85. The lowest BCUT2D eigenvalue weighted by molar-refractivity contribution is -0.385. The van der Waals surface area contributed by atoms with E-state index in [1.807, 2.05) is 0 Å². The van der Waals surface area contributed by atoms with E-state index in [9.17, 15) is 10.1 Å². The standard InChI is InChI=1S/C8H6N2O2S/c1-5-2-7(13)3-6(4-9)8(5)10(11)12/h2-3,13H,1H3. The Balaban J connectivity index is 3.50. The van der Waals surface area contributed by atoms with E-state index in [4.69, 9.17) is 5.26 Å². The monoisotopic (exact) mass is 194 g/mol. The molecule has 5 heteroatoms. The maximum Gasteiger partial charge on any atom is 0.290 e. The van der Waals surface area contributed by atoms with Gasteiger partial charge >= 0.3 is 0 Å². The Morgan fingerprint density at radius 1 is 1.62 bits per heavy atom. The minimum absolute atomic E-state index is 0.0509. The molecule has 13 heavy (non-hydrogen) atoms. The Morgan fingerprint density at radius 2 is 2.23 bits per heavy atom. The van der Waals surface area contributed by atoms with Crippen LogP contribution in [0.1, 0.15) is 11.1 Å². The lowest BCUT2D eigenvalue weighted by atomic mass is 10.1. The summed E-state index contributed by atoms with van der Waals surface area (Å²) in [6, 6.07) is 4.71. The van der Waals surface area contributed by atoms with Crippen LogP contribution >= 0.6 is 12.6 Å². The Hall–Kier alpha value is -1.54. The number of benzene rings is 1. The molecular weight excluding hydrogens is 188 g/mol. The first-order chi connectivity index (χ1) is 6.06. The van der Waals surface area contributed by atoms with Crippen LogP contribution in [-0.4, -0.2) is 4.92 Å². The van der Waals surface area contributed by atoms with Gasteiger partial charge in [-0.1, -0.05) is 0 Å². The van der Waals surface area contributed by atoms with E-state index < -0.39 is 4.92 Å². The van der Waals surface area contributed by atoms with Gasteiger partial charge in [0.25, 0.3) is 5.69 Å². The van der Waals surface area contributed by atoms with Crippen molar-refractivity contribution in [2.45, 2.75) is 11.8 Å². The number of nitriles is 1. The predicted molar refractivity (Wildman–Crippen MR) is 49.8 cm³/mol. The fourth-order valence-electron chi connectivity index (χ4n) is 1.09. The van der Waals surface area contributed by atoms with Crippen LogP contribution < -0.4 is 0 Å². The van der Waals surface area contributed by atoms with E-state index in [1.165, 1.54) is 6.07 Å². The van der Waals surface area contributed by atoms with Crippen LogP contribution in [0.3, 0.4) is 0 Å². The van der Waals surface area contributed by atoms with Crippen molar-refractivity contribution >= 4 is 18.3 Å². The van der Waals surface area contributed by atoms with Crippen LogP contribution in [0, 0.1) is 28.4 Å². The first kappa shape index (κ1) is 9.55. The zero-order valence-electron chi connectivity index (χ0n) is 6.81. The summed E-state index contributed by atoms with van der Waals surface area (Å²) in [7, 11) is 0. The highest BCUT2D eigenvalue weighted by molar-refractivity contribution is 7.80. The molecule has 0 radical (unpaired) electrons. The lowest BCUT2D eigenvalue weighted by Crippen LogP contribution is -1.95. The normalized spacial score (nSPS) is 9.31. The highest BCUT2D eigenvalue weighted by Gasteiger charge is 2.17.